The standard InChI is InChI=1S/C21H27N5O.2ClH/c1-21(2,22)20(27)26-13-11-25(12-14-26)19-16-9-6-10-17(16)23-18(24-19)15-7-4-3-5-8-15;;/h3-5,7-8H,6,9-14,22H2,1-2H3;2*1H. The summed E-state index contributed by atoms with van der Waals surface area (Å²) in [7, 11) is 0. The van der Waals surface area contributed by atoms with E-state index in [1.165, 1.54) is 11.3 Å². The minimum atomic E-state index is -0.821. The number of fused-ring (bicyclic) bond motifs is 1. The third-order valence-corrected chi connectivity index (χ3v) is 5.36. The van der Waals surface area contributed by atoms with Gasteiger partial charge >= 0.3 is 0 Å². The van der Waals surface area contributed by atoms with Crippen LogP contribution in [0.15, 0.2) is 30.3 Å². The van der Waals surface area contributed by atoms with Gasteiger partial charge in [0.05, 0.1) is 5.54 Å². The highest BCUT2D eigenvalue weighted by Crippen LogP contribution is 2.32. The molecule has 158 valence electrons. The second kappa shape index (κ2) is 9.28. The van der Waals surface area contributed by atoms with E-state index in [2.05, 4.69) is 17.0 Å². The van der Waals surface area contributed by atoms with E-state index in [4.69, 9.17) is 15.7 Å². The maximum atomic E-state index is 12.4. The molecule has 1 amide bonds. The van der Waals surface area contributed by atoms with Gasteiger partial charge in [-0.3, -0.25) is 4.79 Å². The molecule has 2 aliphatic rings. The van der Waals surface area contributed by atoms with Gasteiger partial charge in [0.2, 0.25) is 5.91 Å². The van der Waals surface area contributed by atoms with Crippen molar-refractivity contribution >= 4 is 36.5 Å². The van der Waals surface area contributed by atoms with Gasteiger partial charge in [0.15, 0.2) is 5.82 Å². The second-order valence-electron chi connectivity index (χ2n) is 8.02. The number of piperazine rings is 1. The fourth-order valence-corrected chi connectivity index (χ4v) is 3.92. The van der Waals surface area contributed by atoms with Gasteiger partial charge in [-0.25, -0.2) is 9.97 Å². The number of hydrogen-bond acceptors (Lipinski definition) is 5. The monoisotopic (exact) mass is 437 g/mol. The predicted molar refractivity (Wildman–Crippen MR) is 121 cm³/mol. The Balaban J connectivity index is 0.00000150. The number of anilines is 1. The first-order valence-electron chi connectivity index (χ1n) is 9.72. The van der Waals surface area contributed by atoms with Gasteiger partial charge in [0, 0.05) is 43.0 Å². The number of amides is 1. The van der Waals surface area contributed by atoms with Gasteiger partial charge in [-0.2, -0.15) is 0 Å². The molecule has 2 heterocycles. The van der Waals surface area contributed by atoms with Gasteiger partial charge in [0.25, 0.3) is 0 Å². The van der Waals surface area contributed by atoms with Crippen LogP contribution in [0.5, 0.6) is 0 Å². The van der Waals surface area contributed by atoms with Crippen LogP contribution in [0.25, 0.3) is 11.4 Å². The van der Waals surface area contributed by atoms with Crippen molar-refractivity contribution in [2.75, 3.05) is 31.1 Å². The lowest BCUT2D eigenvalue weighted by molar-refractivity contribution is -0.136. The van der Waals surface area contributed by atoms with Crippen molar-refractivity contribution in [3.8, 4) is 11.4 Å². The smallest absolute Gasteiger partial charge is 0.242 e. The molecular weight excluding hydrogens is 409 g/mol. The van der Waals surface area contributed by atoms with E-state index in [-0.39, 0.29) is 30.7 Å². The molecule has 0 unspecified atom stereocenters. The minimum Gasteiger partial charge on any atom is -0.353 e. The number of hydrogen-bond donors (Lipinski definition) is 1. The van der Waals surface area contributed by atoms with Gasteiger partial charge in [0.1, 0.15) is 5.82 Å². The molecular formula is C21H29Cl2N5O. The van der Waals surface area contributed by atoms with Crippen molar-refractivity contribution in [3.63, 3.8) is 0 Å². The van der Waals surface area contributed by atoms with Crippen molar-refractivity contribution in [2.24, 2.45) is 5.73 Å². The molecule has 0 atom stereocenters. The quantitative estimate of drug-likeness (QED) is 0.798. The number of benzene rings is 1. The average molecular weight is 438 g/mol. The largest absolute Gasteiger partial charge is 0.353 e. The number of rotatable bonds is 3. The number of carbonyl (C=O) groups is 1. The lowest BCUT2D eigenvalue weighted by Crippen LogP contribution is -2.57. The molecule has 0 bridgehead atoms. The summed E-state index contributed by atoms with van der Waals surface area (Å²) in [5.41, 5.74) is 8.68. The number of carbonyl (C=O) groups excluding carboxylic acids is 1. The highest BCUT2D eigenvalue weighted by molar-refractivity contribution is 5.86. The molecule has 8 heteroatoms. The van der Waals surface area contributed by atoms with E-state index < -0.39 is 5.54 Å². The molecule has 1 fully saturated rings. The van der Waals surface area contributed by atoms with E-state index >= 15 is 0 Å². The van der Waals surface area contributed by atoms with Crippen molar-refractivity contribution in [1.29, 1.82) is 0 Å². The Morgan fingerprint density at radius 1 is 1.00 bits per heavy atom. The molecule has 6 nitrogen and oxygen atoms in total. The molecule has 0 spiro atoms. The van der Waals surface area contributed by atoms with Crippen molar-refractivity contribution in [1.82, 2.24) is 14.9 Å². The zero-order chi connectivity index (χ0) is 19.0. The summed E-state index contributed by atoms with van der Waals surface area (Å²) in [5.74, 6) is 1.86. The summed E-state index contributed by atoms with van der Waals surface area (Å²) in [4.78, 5) is 26.4. The number of aromatic nitrogens is 2. The van der Waals surface area contributed by atoms with Crippen LogP contribution >= 0.6 is 24.8 Å². The molecule has 2 N–H and O–H groups in total. The maximum Gasteiger partial charge on any atom is 0.242 e. The second-order valence-corrected chi connectivity index (χ2v) is 8.02. The average Bonchev–Trinajstić information content (AvgIpc) is 3.15. The van der Waals surface area contributed by atoms with Crippen LogP contribution < -0.4 is 10.6 Å². The topological polar surface area (TPSA) is 75.4 Å². The summed E-state index contributed by atoms with van der Waals surface area (Å²) >= 11 is 0. The molecule has 0 saturated carbocycles. The van der Waals surface area contributed by atoms with Gasteiger partial charge in [-0.1, -0.05) is 30.3 Å². The molecule has 4 rings (SSSR count). The van der Waals surface area contributed by atoms with E-state index in [0.717, 1.165) is 49.6 Å². The van der Waals surface area contributed by atoms with Crippen LogP contribution in [0, 0.1) is 0 Å². The Morgan fingerprint density at radius 3 is 2.28 bits per heavy atom. The highest BCUT2D eigenvalue weighted by Gasteiger charge is 2.32. The number of aryl methyl sites for hydroxylation is 1. The van der Waals surface area contributed by atoms with Crippen molar-refractivity contribution in [2.45, 2.75) is 38.6 Å². The normalized spacial score (nSPS) is 16.0. The Labute approximate surface area is 184 Å². The fraction of sp³-hybridized carbons (Fsp3) is 0.476. The molecule has 1 saturated heterocycles. The Bertz CT molecular complexity index is 846. The number of nitrogens with zero attached hydrogens (tertiary/aromatic N) is 4. The van der Waals surface area contributed by atoms with Crippen LogP contribution in [0.1, 0.15) is 31.5 Å². The minimum absolute atomic E-state index is 0. The molecule has 1 aliphatic carbocycles. The molecule has 1 aromatic heterocycles. The van der Waals surface area contributed by atoms with Crippen LogP contribution in [-0.4, -0.2) is 52.5 Å². The SMILES string of the molecule is CC(C)(N)C(=O)N1CCN(c2nc(-c3ccccc3)nc3c2CCC3)CC1.Cl.Cl. The zero-order valence-electron chi connectivity index (χ0n) is 16.9. The Kier molecular flexibility index (Phi) is 7.49. The van der Waals surface area contributed by atoms with Crippen molar-refractivity contribution in [3.05, 3.63) is 41.6 Å². The van der Waals surface area contributed by atoms with Gasteiger partial charge in [-0.05, 0) is 33.1 Å². The molecule has 1 aromatic carbocycles. The summed E-state index contributed by atoms with van der Waals surface area (Å²) in [6.07, 6.45) is 3.19. The summed E-state index contributed by atoms with van der Waals surface area (Å²) in [5, 5.41) is 0. The van der Waals surface area contributed by atoms with E-state index in [9.17, 15) is 4.79 Å². The van der Waals surface area contributed by atoms with E-state index in [0.29, 0.717) is 13.1 Å². The van der Waals surface area contributed by atoms with Gasteiger partial charge in [-0.15, -0.1) is 24.8 Å². The van der Waals surface area contributed by atoms with Crippen LogP contribution in [0.3, 0.4) is 0 Å². The van der Waals surface area contributed by atoms with Crippen LogP contribution in [0.4, 0.5) is 5.82 Å². The zero-order valence-corrected chi connectivity index (χ0v) is 18.6. The summed E-state index contributed by atoms with van der Waals surface area (Å²) in [6.45, 7) is 6.45. The highest BCUT2D eigenvalue weighted by atomic mass is 35.5. The first-order chi connectivity index (χ1) is 12.9. The third kappa shape index (κ3) is 4.82. The maximum absolute atomic E-state index is 12.4. The summed E-state index contributed by atoms with van der Waals surface area (Å²) in [6, 6.07) is 10.2. The lowest BCUT2D eigenvalue weighted by Gasteiger charge is -2.38. The molecule has 1 aliphatic heterocycles. The summed E-state index contributed by atoms with van der Waals surface area (Å²) < 4.78 is 0. The van der Waals surface area contributed by atoms with Crippen LogP contribution in [-0.2, 0) is 17.6 Å². The first kappa shape index (κ1) is 23.4. The van der Waals surface area contributed by atoms with Crippen LogP contribution in [0.2, 0.25) is 0 Å². The first-order valence-corrected chi connectivity index (χ1v) is 9.72. The van der Waals surface area contributed by atoms with E-state index in [1.807, 2.05) is 23.1 Å². The van der Waals surface area contributed by atoms with Crippen molar-refractivity contribution < 1.29 is 4.79 Å². The fourth-order valence-electron chi connectivity index (χ4n) is 3.92. The van der Waals surface area contributed by atoms with E-state index in [1.54, 1.807) is 13.8 Å². The predicted octanol–water partition coefficient (Wildman–Crippen LogP) is 2.86. The number of halogens is 2. The lowest BCUT2D eigenvalue weighted by atomic mass is 10.0. The number of nitrogens with two attached hydrogens (primary N) is 1. The Morgan fingerprint density at radius 2 is 1.66 bits per heavy atom. The molecule has 2 aromatic rings. The third-order valence-electron chi connectivity index (χ3n) is 5.36. The molecule has 0 radical (unpaired) electrons. The molecule has 29 heavy (non-hydrogen) atoms. The van der Waals surface area contributed by atoms with Gasteiger partial charge < -0.3 is 15.5 Å². The Hall–Kier alpha value is -1.89.